The summed E-state index contributed by atoms with van der Waals surface area (Å²) >= 11 is 0. The van der Waals surface area contributed by atoms with Crippen LogP contribution in [0.1, 0.15) is 24.0 Å². The van der Waals surface area contributed by atoms with Gasteiger partial charge in [-0.1, -0.05) is 54.6 Å². The number of allylic oxidation sites excluding steroid dienone is 1. The Bertz CT molecular complexity index is 608. The van der Waals surface area contributed by atoms with Crippen LogP contribution in [0.3, 0.4) is 0 Å². The van der Waals surface area contributed by atoms with Crippen LogP contribution in [-0.4, -0.2) is 6.04 Å². The summed E-state index contributed by atoms with van der Waals surface area (Å²) in [5.41, 5.74) is 12.5. The Hall–Kier alpha value is -1.86. The Kier molecular flexibility index (Phi) is 3.22. The predicted octanol–water partition coefficient (Wildman–Crippen LogP) is 4.17. The second-order valence-corrected chi connectivity index (χ2v) is 5.29. The van der Waals surface area contributed by atoms with Gasteiger partial charge in [-0.05, 0) is 47.6 Å². The first kappa shape index (κ1) is 12.2. The summed E-state index contributed by atoms with van der Waals surface area (Å²) in [6.45, 7) is 2.15. The first-order valence-electron chi connectivity index (χ1n) is 6.87. The molecule has 1 aliphatic carbocycles. The molecule has 0 saturated heterocycles. The van der Waals surface area contributed by atoms with Gasteiger partial charge in [0.1, 0.15) is 0 Å². The molecule has 0 amide bonds. The highest BCUT2D eigenvalue weighted by molar-refractivity contribution is 5.73. The summed E-state index contributed by atoms with van der Waals surface area (Å²) in [4.78, 5) is 0. The smallest absolute Gasteiger partial charge is 0.0232 e. The number of benzene rings is 2. The lowest BCUT2D eigenvalue weighted by Gasteiger charge is -2.07. The van der Waals surface area contributed by atoms with E-state index in [0.29, 0.717) is 0 Å². The van der Waals surface area contributed by atoms with Gasteiger partial charge in [0, 0.05) is 6.04 Å². The molecule has 3 rings (SSSR count). The van der Waals surface area contributed by atoms with Crippen molar-refractivity contribution in [1.29, 1.82) is 0 Å². The molecule has 0 bridgehead atoms. The van der Waals surface area contributed by atoms with Crippen LogP contribution >= 0.6 is 0 Å². The van der Waals surface area contributed by atoms with Crippen molar-refractivity contribution in [3.8, 4) is 11.1 Å². The van der Waals surface area contributed by atoms with E-state index in [1.54, 1.807) is 0 Å². The largest absolute Gasteiger partial charge is 0.324 e. The molecule has 0 aliphatic heterocycles. The van der Waals surface area contributed by atoms with Crippen molar-refractivity contribution < 1.29 is 0 Å². The van der Waals surface area contributed by atoms with Crippen LogP contribution in [0.2, 0.25) is 0 Å². The van der Waals surface area contributed by atoms with E-state index >= 15 is 0 Å². The molecule has 0 aromatic heterocycles. The third kappa shape index (κ3) is 2.47. The van der Waals surface area contributed by atoms with E-state index in [1.807, 2.05) is 0 Å². The van der Waals surface area contributed by atoms with Gasteiger partial charge < -0.3 is 5.73 Å². The first-order chi connectivity index (χ1) is 9.24. The molecule has 1 nitrogen and oxygen atoms in total. The van der Waals surface area contributed by atoms with Gasteiger partial charge in [-0.25, -0.2) is 0 Å². The molecule has 0 radical (unpaired) electrons. The van der Waals surface area contributed by atoms with Crippen molar-refractivity contribution in [2.75, 3.05) is 0 Å². The standard InChI is InChI=1S/C18H19N/c1-13-4-2-3-5-18(13)15-8-6-14(7-9-15)16-10-11-17(19)12-16/h2-9,12,17H,10-11,19H2,1H3. The topological polar surface area (TPSA) is 26.0 Å². The van der Waals surface area contributed by atoms with Crippen LogP contribution in [0, 0.1) is 6.92 Å². The Labute approximate surface area is 114 Å². The Morgan fingerprint density at radius 2 is 1.63 bits per heavy atom. The molecule has 1 heteroatoms. The van der Waals surface area contributed by atoms with Crippen LogP contribution < -0.4 is 5.73 Å². The van der Waals surface area contributed by atoms with Gasteiger partial charge in [0.15, 0.2) is 0 Å². The average molecular weight is 249 g/mol. The molecule has 0 saturated carbocycles. The van der Waals surface area contributed by atoms with E-state index in [0.717, 1.165) is 12.8 Å². The minimum atomic E-state index is 0.242. The molecule has 1 unspecified atom stereocenters. The maximum Gasteiger partial charge on any atom is 0.0232 e. The van der Waals surface area contributed by atoms with Crippen LogP contribution in [0.15, 0.2) is 54.6 Å². The van der Waals surface area contributed by atoms with Crippen LogP contribution in [0.4, 0.5) is 0 Å². The van der Waals surface area contributed by atoms with E-state index in [2.05, 4.69) is 61.5 Å². The van der Waals surface area contributed by atoms with Crippen molar-refractivity contribution in [1.82, 2.24) is 0 Å². The highest BCUT2D eigenvalue weighted by Gasteiger charge is 2.13. The summed E-state index contributed by atoms with van der Waals surface area (Å²) in [6, 6.07) is 17.6. The van der Waals surface area contributed by atoms with Gasteiger partial charge in [0.25, 0.3) is 0 Å². The fraction of sp³-hybridized carbons (Fsp3) is 0.222. The summed E-state index contributed by atoms with van der Waals surface area (Å²) < 4.78 is 0. The van der Waals surface area contributed by atoms with Crippen LogP contribution in [0.25, 0.3) is 16.7 Å². The molecular weight excluding hydrogens is 230 g/mol. The lowest BCUT2D eigenvalue weighted by Crippen LogP contribution is -2.11. The molecule has 1 aliphatic rings. The van der Waals surface area contributed by atoms with Crippen molar-refractivity contribution >= 4 is 5.57 Å². The number of rotatable bonds is 2. The van der Waals surface area contributed by atoms with E-state index in [-0.39, 0.29) is 6.04 Å². The monoisotopic (exact) mass is 249 g/mol. The Morgan fingerprint density at radius 3 is 2.26 bits per heavy atom. The van der Waals surface area contributed by atoms with Crippen molar-refractivity contribution in [2.45, 2.75) is 25.8 Å². The molecule has 0 heterocycles. The second kappa shape index (κ2) is 5.02. The first-order valence-corrected chi connectivity index (χ1v) is 6.87. The lowest BCUT2D eigenvalue weighted by molar-refractivity contribution is 0.782. The minimum Gasteiger partial charge on any atom is -0.324 e. The van der Waals surface area contributed by atoms with Gasteiger partial charge >= 0.3 is 0 Å². The van der Waals surface area contributed by atoms with E-state index < -0.39 is 0 Å². The molecule has 19 heavy (non-hydrogen) atoms. The number of hydrogen-bond donors (Lipinski definition) is 1. The number of aryl methyl sites for hydroxylation is 1. The zero-order valence-electron chi connectivity index (χ0n) is 11.3. The molecule has 1 atom stereocenters. The molecule has 0 spiro atoms. The van der Waals surface area contributed by atoms with Gasteiger partial charge in [-0.15, -0.1) is 0 Å². The van der Waals surface area contributed by atoms with E-state index in [4.69, 9.17) is 5.73 Å². The SMILES string of the molecule is Cc1ccccc1-c1ccc(C2=CC(N)CC2)cc1. The lowest BCUT2D eigenvalue weighted by atomic mass is 9.97. The predicted molar refractivity (Wildman–Crippen MR) is 81.8 cm³/mol. The van der Waals surface area contributed by atoms with Gasteiger partial charge in [-0.2, -0.15) is 0 Å². The Morgan fingerprint density at radius 1 is 0.947 bits per heavy atom. The third-order valence-electron chi connectivity index (χ3n) is 3.87. The highest BCUT2D eigenvalue weighted by Crippen LogP contribution is 2.29. The average Bonchev–Trinajstić information content (AvgIpc) is 2.86. The molecule has 0 fully saturated rings. The second-order valence-electron chi connectivity index (χ2n) is 5.29. The summed E-state index contributed by atoms with van der Waals surface area (Å²) in [6.07, 6.45) is 4.38. The van der Waals surface area contributed by atoms with Gasteiger partial charge in [0.05, 0.1) is 0 Å². The maximum absolute atomic E-state index is 5.93. The summed E-state index contributed by atoms with van der Waals surface area (Å²) in [7, 11) is 0. The molecule has 2 N–H and O–H groups in total. The quantitative estimate of drug-likeness (QED) is 0.849. The molecule has 2 aromatic rings. The molecule has 96 valence electrons. The van der Waals surface area contributed by atoms with Crippen molar-refractivity contribution in [3.63, 3.8) is 0 Å². The maximum atomic E-state index is 5.93. The fourth-order valence-electron chi connectivity index (χ4n) is 2.75. The normalized spacial score (nSPS) is 18.4. The fourth-order valence-corrected chi connectivity index (χ4v) is 2.75. The Balaban J connectivity index is 1.92. The van der Waals surface area contributed by atoms with Crippen LogP contribution in [-0.2, 0) is 0 Å². The van der Waals surface area contributed by atoms with Crippen molar-refractivity contribution in [3.05, 3.63) is 65.7 Å². The summed E-state index contributed by atoms with van der Waals surface area (Å²) in [5, 5.41) is 0. The summed E-state index contributed by atoms with van der Waals surface area (Å²) in [5.74, 6) is 0. The van der Waals surface area contributed by atoms with E-state index in [9.17, 15) is 0 Å². The van der Waals surface area contributed by atoms with Crippen LogP contribution in [0.5, 0.6) is 0 Å². The highest BCUT2D eigenvalue weighted by atomic mass is 14.6. The zero-order chi connectivity index (χ0) is 13.2. The van der Waals surface area contributed by atoms with Crippen molar-refractivity contribution in [2.24, 2.45) is 5.73 Å². The number of hydrogen-bond acceptors (Lipinski definition) is 1. The van der Waals surface area contributed by atoms with Gasteiger partial charge in [0.2, 0.25) is 0 Å². The molecule has 2 aromatic carbocycles. The third-order valence-corrected chi connectivity index (χ3v) is 3.87. The van der Waals surface area contributed by atoms with E-state index in [1.165, 1.54) is 27.8 Å². The minimum absolute atomic E-state index is 0.242. The van der Waals surface area contributed by atoms with Gasteiger partial charge in [-0.3, -0.25) is 0 Å². The zero-order valence-corrected chi connectivity index (χ0v) is 11.3. The molecular formula is C18H19N. The number of nitrogens with two attached hydrogens (primary N) is 1.